The largest absolute Gasteiger partial charge is 0.480 e. The van der Waals surface area contributed by atoms with Crippen molar-refractivity contribution in [3.8, 4) is 0 Å². The number of aliphatic carboxylic acids is 1. The molecule has 4 aromatic rings. The number of primary amides is 1. The van der Waals surface area contributed by atoms with Crippen LogP contribution in [0.1, 0.15) is 30.4 Å². The molecule has 0 spiro atoms. The monoisotopic (exact) mass is 834 g/mol. The number of aliphatic imine (C=N–C) groups is 1. The Morgan fingerprint density at radius 2 is 1.07 bits per heavy atom. The molecule has 0 radical (unpaired) electrons. The van der Waals surface area contributed by atoms with Crippen LogP contribution in [0.15, 0.2) is 65.9 Å². The van der Waals surface area contributed by atoms with Crippen LogP contribution < -0.4 is 49.5 Å². The number of aromatic nitrogens is 2. The number of aliphatic hydroxyl groups is 2. The topological polar surface area (TPSA) is 388 Å². The lowest BCUT2D eigenvalue weighted by Gasteiger charge is -2.27. The van der Waals surface area contributed by atoms with Crippen molar-refractivity contribution in [2.45, 2.75) is 68.4 Å². The minimum absolute atomic E-state index is 0.0557. The summed E-state index contributed by atoms with van der Waals surface area (Å²) < 4.78 is 0. The fourth-order valence-corrected chi connectivity index (χ4v) is 6.28. The molecule has 0 fully saturated rings. The van der Waals surface area contributed by atoms with Crippen LogP contribution in [0, 0.1) is 0 Å². The highest BCUT2D eigenvalue weighted by Crippen LogP contribution is 2.21. The van der Waals surface area contributed by atoms with E-state index in [2.05, 4.69) is 41.5 Å². The van der Waals surface area contributed by atoms with Crippen molar-refractivity contribution in [3.63, 3.8) is 0 Å². The molecule has 0 unspecified atom stereocenters. The lowest BCUT2D eigenvalue weighted by Crippen LogP contribution is -2.60. The van der Waals surface area contributed by atoms with Gasteiger partial charge in [-0.15, -0.1) is 0 Å². The van der Waals surface area contributed by atoms with Gasteiger partial charge in [-0.25, -0.2) is 4.79 Å². The summed E-state index contributed by atoms with van der Waals surface area (Å²) in [6.45, 7) is -1.64. The number of guanidine groups is 1. The first kappa shape index (κ1) is 45.7. The van der Waals surface area contributed by atoms with Gasteiger partial charge in [0.05, 0.1) is 19.6 Å². The van der Waals surface area contributed by atoms with Crippen LogP contribution in [-0.2, 0) is 46.4 Å². The van der Waals surface area contributed by atoms with Crippen molar-refractivity contribution >= 4 is 69.2 Å². The lowest BCUT2D eigenvalue weighted by molar-refractivity contribution is -0.143. The van der Waals surface area contributed by atoms with Gasteiger partial charge in [-0.3, -0.25) is 33.8 Å². The van der Waals surface area contributed by atoms with Crippen LogP contribution in [-0.4, -0.2) is 129 Å². The molecule has 6 amide bonds. The minimum atomic E-state index is -1.71. The second kappa shape index (κ2) is 21.6. The van der Waals surface area contributed by atoms with Gasteiger partial charge >= 0.3 is 5.97 Å². The number of carboxylic acids is 1. The third kappa shape index (κ3) is 12.7. The summed E-state index contributed by atoms with van der Waals surface area (Å²) in [7, 11) is 0. The van der Waals surface area contributed by atoms with E-state index in [1.54, 1.807) is 60.9 Å². The molecule has 2 aromatic heterocycles. The minimum Gasteiger partial charge on any atom is -0.480 e. The first-order chi connectivity index (χ1) is 28.6. The number of hydrogen-bond acceptors (Lipinski definition) is 11. The van der Waals surface area contributed by atoms with Crippen LogP contribution >= 0.6 is 0 Å². The number of benzene rings is 2. The average molecular weight is 835 g/mol. The summed E-state index contributed by atoms with van der Waals surface area (Å²) in [6, 6.07) is 5.08. The molecule has 0 aliphatic rings. The van der Waals surface area contributed by atoms with Gasteiger partial charge in [0.1, 0.15) is 36.3 Å². The number of carbonyl (C=O) groups is 7. The number of rotatable bonds is 23. The highest BCUT2D eigenvalue weighted by Gasteiger charge is 2.34. The summed E-state index contributed by atoms with van der Waals surface area (Å²) in [6.07, 6.45) is 2.19. The number of amides is 6. The maximum absolute atomic E-state index is 14.3. The van der Waals surface area contributed by atoms with Crippen molar-refractivity contribution in [1.82, 2.24) is 36.6 Å². The second-order valence-corrected chi connectivity index (χ2v) is 13.9. The van der Waals surface area contributed by atoms with Gasteiger partial charge in [0.25, 0.3) is 0 Å². The van der Waals surface area contributed by atoms with Gasteiger partial charge in [0, 0.05) is 53.6 Å². The van der Waals surface area contributed by atoms with E-state index in [9.17, 15) is 48.9 Å². The number of nitrogens with two attached hydrogens (primary N) is 4. The van der Waals surface area contributed by atoms with Crippen LogP contribution in [0.5, 0.6) is 0 Å². The first-order valence-corrected chi connectivity index (χ1v) is 18.8. The summed E-state index contributed by atoms with van der Waals surface area (Å²) >= 11 is 0. The zero-order chi connectivity index (χ0) is 43.9. The molecule has 0 saturated heterocycles. The molecule has 60 heavy (non-hydrogen) atoms. The van der Waals surface area contributed by atoms with Gasteiger partial charge in [-0.1, -0.05) is 36.4 Å². The van der Waals surface area contributed by atoms with Crippen LogP contribution in [0.3, 0.4) is 0 Å². The van der Waals surface area contributed by atoms with E-state index in [1.807, 2.05) is 0 Å². The quantitative estimate of drug-likeness (QED) is 0.0194. The van der Waals surface area contributed by atoms with E-state index in [0.717, 1.165) is 5.52 Å². The maximum Gasteiger partial charge on any atom is 0.328 e. The first-order valence-electron chi connectivity index (χ1n) is 18.8. The number of aromatic amines is 2. The number of hydrogen-bond donors (Lipinski definition) is 14. The van der Waals surface area contributed by atoms with Crippen molar-refractivity contribution in [1.29, 1.82) is 0 Å². The number of aliphatic hydroxyl groups excluding tert-OH is 2. The molecule has 4 rings (SSSR count). The smallest absolute Gasteiger partial charge is 0.328 e. The molecular weight excluding hydrogens is 784 g/mol. The molecule has 22 nitrogen and oxygen atoms in total. The van der Waals surface area contributed by atoms with E-state index in [-0.39, 0.29) is 38.2 Å². The molecule has 0 aliphatic heterocycles. The average Bonchev–Trinajstić information content (AvgIpc) is 3.82. The van der Waals surface area contributed by atoms with Gasteiger partial charge in [0.2, 0.25) is 35.4 Å². The zero-order valence-corrected chi connectivity index (χ0v) is 32.4. The Labute approximate surface area is 342 Å². The predicted octanol–water partition coefficient (Wildman–Crippen LogP) is -3.82. The summed E-state index contributed by atoms with van der Waals surface area (Å²) in [5.74, 6) is -7.54. The number of carbonyl (C=O) groups excluding carboxylic acids is 6. The number of para-hydroxylation sites is 2. The number of nitrogens with zero attached hydrogens (tertiary/aromatic N) is 1. The summed E-state index contributed by atoms with van der Waals surface area (Å²) in [4.78, 5) is 102. The predicted molar refractivity (Wildman–Crippen MR) is 217 cm³/mol. The van der Waals surface area contributed by atoms with Crippen molar-refractivity contribution in [2.75, 3.05) is 19.8 Å². The molecule has 6 atom stereocenters. The Kier molecular flexibility index (Phi) is 16.5. The molecular formula is C38H50N12O10. The SMILES string of the molecule is NC(=O)C[C@H](NC(=O)[C@H](CCCN=C(N)N)NC(=O)[C@@H](N)CO)C(=O)N[C@@H](Cc1c[nH]c2ccccc12)C(=O)N[C@@H](Cc1c[nH]c2ccccc12)C(=O)N[C@@H](CO)C(=O)O. The summed E-state index contributed by atoms with van der Waals surface area (Å²) in [5.41, 5.74) is 24.4. The molecule has 0 saturated carbocycles. The summed E-state index contributed by atoms with van der Waals surface area (Å²) in [5, 5.41) is 42.1. The third-order valence-electron chi connectivity index (χ3n) is 9.41. The van der Waals surface area contributed by atoms with Crippen molar-refractivity contribution in [3.05, 3.63) is 72.1 Å². The highest BCUT2D eigenvalue weighted by atomic mass is 16.4. The molecule has 22 heteroatoms. The van der Waals surface area contributed by atoms with E-state index < -0.39 is 97.3 Å². The molecule has 0 aliphatic carbocycles. The Morgan fingerprint density at radius 1 is 0.617 bits per heavy atom. The maximum atomic E-state index is 14.3. The van der Waals surface area contributed by atoms with E-state index in [1.165, 1.54) is 0 Å². The fourth-order valence-electron chi connectivity index (χ4n) is 6.28. The number of carboxylic acid groups (broad SMARTS) is 1. The van der Waals surface area contributed by atoms with E-state index >= 15 is 0 Å². The van der Waals surface area contributed by atoms with Crippen LogP contribution in [0.2, 0.25) is 0 Å². The third-order valence-corrected chi connectivity index (χ3v) is 9.41. The Bertz CT molecular complexity index is 2200. The van der Waals surface area contributed by atoms with Gasteiger partial charge < -0.3 is 74.8 Å². The molecule has 0 bridgehead atoms. The lowest BCUT2D eigenvalue weighted by atomic mass is 10.0. The molecule has 2 heterocycles. The normalized spacial score (nSPS) is 14.1. The number of nitrogens with one attached hydrogen (secondary N) is 7. The molecule has 2 aromatic carbocycles. The van der Waals surface area contributed by atoms with Crippen molar-refractivity contribution < 1.29 is 48.9 Å². The Morgan fingerprint density at radius 3 is 1.53 bits per heavy atom. The van der Waals surface area contributed by atoms with Crippen LogP contribution in [0.25, 0.3) is 21.8 Å². The standard InChI is InChI=1S/C38H50N12O10/c39-23(17-51)32(54)46-26(10-5-11-43-38(41)42)33(55)49-29(14-31(40)53)36(58)48-27(12-19-15-44-24-8-3-1-6-21(19)24)34(56)47-28(35(57)50-30(18-52)37(59)60)13-20-16-45-25-9-4-2-7-22(20)25/h1-4,6-9,15-16,23,26-30,44-45,51-52H,5,10-14,17-18,39H2,(H2,40,53)(H,46,54)(H,47,56)(H,48,58)(H,49,55)(H,50,57)(H,59,60)(H4,41,42,43)/t23-,26-,27-,28-,29-,30-/m0/s1. The van der Waals surface area contributed by atoms with Gasteiger partial charge in [0.15, 0.2) is 5.96 Å². The number of H-pyrrole nitrogens is 2. The zero-order valence-electron chi connectivity index (χ0n) is 32.4. The highest BCUT2D eigenvalue weighted by molar-refractivity contribution is 5.98. The molecule has 322 valence electrons. The van der Waals surface area contributed by atoms with E-state index in [0.29, 0.717) is 27.4 Å². The van der Waals surface area contributed by atoms with E-state index in [4.69, 9.17) is 22.9 Å². The van der Waals surface area contributed by atoms with Crippen molar-refractivity contribution in [2.24, 2.45) is 27.9 Å². The van der Waals surface area contributed by atoms with Crippen LogP contribution in [0.4, 0.5) is 0 Å². The Hall–Kier alpha value is -7.04. The van der Waals surface area contributed by atoms with Gasteiger partial charge in [-0.2, -0.15) is 0 Å². The second-order valence-electron chi connectivity index (χ2n) is 13.9. The Balaban J connectivity index is 1.66. The fraction of sp³-hybridized carbons (Fsp3) is 0.368. The number of fused-ring (bicyclic) bond motifs is 2. The molecule has 18 N–H and O–H groups in total. The van der Waals surface area contributed by atoms with Gasteiger partial charge in [-0.05, 0) is 36.1 Å².